The van der Waals surface area contributed by atoms with Gasteiger partial charge < -0.3 is 15.7 Å². The Kier molecular flexibility index (Phi) is 6.43. The number of carboxylic acid groups (broad SMARTS) is 1. The minimum absolute atomic E-state index is 0.0464. The van der Waals surface area contributed by atoms with E-state index >= 15 is 0 Å². The van der Waals surface area contributed by atoms with Crippen molar-refractivity contribution in [3.8, 4) is 0 Å². The van der Waals surface area contributed by atoms with Gasteiger partial charge >= 0.3 is 5.97 Å². The molecule has 2 aromatic carbocycles. The molecule has 0 fully saturated rings. The summed E-state index contributed by atoms with van der Waals surface area (Å²) in [4.78, 5) is 12.3. The second-order valence-electron chi connectivity index (χ2n) is 4.89. The van der Waals surface area contributed by atoms with Gasteiger partial charge in [0.1, 0.15) is 0 Å². The number of benzene rings is 2. The van der Waals surface area contributed by atoms with E-state index in [-0.39, 0.29) is 12.5 Å². The number of carboxylic acids is 1. The molecule has 120 valence electrons. The van der Waals surface area contributed by atoms with E-state index in [9.17, 15) is 4.79 Å². The van der Waals surface area contributed by atoms with Crippen LogP contribution in [0.15, 0.2) is 59.5 Å². The number of rotatable bonds is 6. The van der Waals surface area contributed by atoms with Gasteiger partial charge in [-0.05, 0) is 48.3 Å². The van der Waals surface area contributed by atoms with Crippen LogP contribution in [0.25, 0.3) is 0 Å². The maximum atomic E-state index is 11.1. The second-order valence-corrected chi connectivity index (χ2v) is 6.18. The molecule has 0 aromatic heterocycles. The van der Waals surface area contributed by atoms with Crippen LogP contribution in [-0.4, -0.2) is 22.4 Å². The Hall–Kier alpha value is -2.05. The van der Waals surface area contributed by atoms with Crippen molar-refractivity contribution in [2.75, 3.05) is 11.6 Å². The summed E-state index contributed by atoms with van der Waals surface area (Å²) >= 11 is 6.94. The van der Waals surface area contributed by atoms with E-state index in [1.54, 1.807) is 11.8 Å². The first-order valence-electron chi connectivity index (χ1n) is 7.07. The molecule has 0 heterocycles. The molecule has 6 heteroatoms. The molecule has 0 spiro atoms. The third-order valence-electron chi connectivity index (χ3n) is 3.23. The van der Waals surface area contributed by atoms with Crippen molar-refractivity contribution >= 4 is 40.7 Å². The van der Waals surface area contributed by atoms with E-state index < -0.39 is 5.97 Å². The van der Waals surface area contributed by atoms with Gasteiger partial charge in [-0.15, -0.1) is 11.8 Å². The van der Waals surface area contributed by atoms with E-state index in [2.05, 4.69) is 10.6 Å². The summed E-state index contributed by atoms with van der Waals surface area (Å²) in [6.07, 6.45) is 1.95. The zero-order chi connectivity index (χ0) is 16.7. The van der Waals surface area contributed by atoms with Crippen LogP contribution < -0.4 is 10.6 Å². The van der Waals surface area contributed by atoms with Gasteiger partial charge in [-0.3, -0.25) is 4.79 Å². The Morgan fingerprint density at radius 3 is 2.39 bits per heavy atom. The first-order chi connectivity index (χ1) is 11.1. The lowest BCUT2D eigenvalue weighted by Crippen LogP contribution is -2.33. The highest BCUT2D eigenvalue weighted by molar-refractivity contribution is 7.98. The molecule has 1 atom stereocenters. The Morgan fingerprint density at radius 1 is 1.17 bits per heavy atom. The Bertz CT molecular complexity index is 660. The quantitative estimate of drug-likeness (QED) is 0.544. The molecule has 1 unspecified atom stereocenters. The summed E-state index contributed by atoms with van der Waals surface area (Å²) < 4.78 is 0. The molecule has 0 aliphatic heterocycles. The van der Waals surface area contributed by atoms with Crippen LogP contribution in [0.1, 0.15) is 18.0 Å². The standard InChI is InChI=1S/C17H18N2O2S2/c1-23-14-9-7-12(8-10-14)15(11-16(20)21)19-17(22)18-13-5-3-2-4-6-13/h2-10,15H,11H2,1H3,(H,20,21)(H2,18,19,22). The lowest BCUT2D eigenvalue weighted by atomic mass is 10.0. The first-order valence-corrected chi connectivity index (χ1v) is 8.70. The highest BCUT2D eigenvalue weighted by atomic mass is 32.2. The van der Waals surface area contributed by atoms with Gasteiger partial charge in [-0.2, -0.15) is 0 Å². The summed E-state index contributed by atoms with van der Waals surface area (Å²) in [5.74, 6) is -0.876. The summed E-state index contributed by atoms with van der Waals surface area (Å²) in [5, 5.41) is 15.7. The van der Waals surface area contributed by atoms with E-state index in [1.165, 1.54) is 0 Å². The smallest absolute Gasteiger partial charge is 0.305 e. The number of hydrogen-bond donors (Lipinski definition) is 3. The molecule has 0 bridgehead atoms. The fraction of sp³-hybridized carbons (Fsp3) is 0.176. The van der Waals surface area contributed by atoms with Crippen molar-refractivity contribution in [3.05, 3.63) is 60.2 Å². The van der Waals surface area contributed by atoms with Crippen molar-refractivity contribution in [3.63, 3.8) is 0 Å². The Morgan fingerprint density at radius 2 is 1.83 bits per heavy atom. The Labute approximate surface area is 145 Å². The summed E-state index contributed by atoms with van der Waals surface area (Å²) in [6, 6.07) is 16.9. The number of para-hydroxylation sites is 1. The summed E-state index contributed by atoms with van der Waals surface area (Å²) in [7, 11) is 0. The molecule has 3 N–H and O–H groups in total. The Balaban J connectivity index is 2.08. The van der Waals surface area contributed by atoms with Gasteiger partial charge in [-0.1, -0.05) is 30.3 Å². The summed E-state index contributed by atoms with van der Waals surface area (Å²) in [6.45, 7) is 0. The van der Waals surface area contributed by atoms with Gasteiger partial charge in [0, 0.05) is 10.6 Å². The molecule has 2 aromatic rings. The topological polar surface area (TPSA) is 61.4 Å². The number of thioether (sulfide) groups is 1. The van der Waals surface area contributed by atoms with Gasteiger partial charge in [0.2, 0.25) is 0 Å². The molecule has 0 aliphatic carbocycles. The summed E-state index contributed by atoms with van der Waals surface area (Å²) in [5.41, 5.74) is 1.75. The van der Waals surface area contributed by atoms with Gasteiger partial charge in [-0.25, -0.2) is 0 Å². The lowest BCUT2D eigenvalue weighted by Gasteiger charge is -2.20. The monoisotopic (exact) mass is 346 g/mol. The van der Waals surface area contributed by atoms with Crippen LogP contribution in [-0.2, 0) is 4.79 Å². The third-order valence-corrected chi connectivity index (χ3v) is 4.20. The second kappa shape index (κ2) is 8.55. The number of hydrogen-bond acceptors (Lipinski definition) is 3. The molecule has 2 rings (SSSR count). The van der Waals surface area contributed by atoms with Crippen LogP contribution >= 0.6 is 24.0 Å². The van der Waals surface area contributed by atoms with Crippen LogP contribution in [0, 0.1) is 0 Å². The zero-order valence-corrected chi connectivity index (χ0v) is 14.3. The molecular formula is C17H18N2O2S2. The van der Waals surface area contributed by atoms with Crippen LogP contribution in [0.3, 0.4) is 0 Å². The third kappa shape index (κ3) is 5.58. The molecule has 0 saturated carbocycles. The highest BCUT2D eigenvalue weighted by Gasteiger charge is 2.16. The predicted molar refractivity (Wildman–Crippen MR) is 99.0 cm³/mol. The van der Waals surface area contributed by atoms with E-state index in [0.717, 1.165) is 16.1 Å². The van der Waals surface area contributed by atoms with Crippen LogP contribution in [0.5, 0.6) is 0 Å². The van der Waals surface area contributed by atoms with Crippen molar-refractivity contribution < 1.29 is 9.90 Å². The van der Waals surface area contributed by atoms with Gasteiger partial charge in [0.25, 0.3) is 0 Å². The van der Waals surface area contributed by atoms with E-state index in [4.69, 9.17) is 17.3 Å². The largest absolute Gasteiger partial charge is 0.481 e. The molecule has 0 aliphatic rings. The normalized spacial score (nSPS) is 11.5. The lowest BCUT2D eigenvalue weighted by molar-refractivity contribution is -0.137. The van der Waals surface area contributed by atoms with Gasteiger partial charge in [0.05, 0.1) is 12.5 Å². The number of thiocarbonyl (C=S) groups is 1. The maximum absolute atomic E-state index is 11.1. The fourth-order valence-corrected chi connectivity index (χ4v) is 2.78. The number of anilines is 1. The SMILES string of the molecule is CSc1ccc(C(CC(=O)O)NC(=S)Nc2ccccc2)cc1. The zero-order valence-electron chi connectivity index (χ0n) is 12.7. The number of carbonyl (C=O) groups is 1. The van der Waals surface area contributed by atoms with Crippen LogP contribution in [0.4, 0.5) is 5.69 Å². The van der Waals surface area contributed by atoms with Crippen molar-refractivity contribution in [1.29, 1.82) is 0 Å². The van der Waals surface area contributed by atoms with E-state index in [0.29, 0.717) is 5.11 Å². The average molecular weight is 346 g/mol. The molecule has 0 saturated heterocycles. The first kappa shape index (κ1) is 17.3. The molecular weight excluding hydrogens is 328 g/mol. The van der Waals surface area contributed by atoms with Crippen LogP contribution in [0.2, 0.25) is 0 Å². The fourth-order valence-electron chi connectivity index (χ4n) is 2.11. The predicted octanol–water partition coefficient (Wildman–Crippen LogP) is 3.91. The van der Waals surface area contributed by atoms with Crippen molar-refractivity contribution in [1.82, 2.24) is 5.32 Å². The molecule has 0 radical (unpaired) electrons. The highest BCUT2D eigenvalue weighted by Crippen LogP contribution is 2.21. The number of aliphatic carboxylic acids is 1. The minimum atomic E-state index is -0.876. The minimum Gasteiger partial charge on any atom is -0.481 e. The number of nitrogens with one attached hydrogen (secondary N) is 2. The van der Waals surface area contributed by atoms with Crippen molar-refractivity contribution in [2.45, 2.75) is 17.4 Å². The molecule has 23 heavy (non-hydrogen) atoms. The molecule has 4 nitrogen and oxygen atoms in total. The average Bonchev–Trinajstić information content (AvgIpc) is 2.55. The van der Waals surface area contributed by atoms with Gasteiger partial charge in [0.15, 0.2) is 5.11 Å². The van der Waals surface area contributed by atoms with Crippen molar-refractivity contribution in [2.24, 2.45) is 0 Å². The molecule has 0 amide bonds. The van der Waals surface area contributed by atoms with E-state index in [1.807, 2.05) is 60.9 Å². The maximum Gasteiger partial charge on any atom is 0.305 e.